The summed E-state index contributed by atoms with van der Waals surface area (Å²) in [6.07, 6.45) is 1.83. The first-order chi connectivity index (χ1) is 7.27. The van der Waals surface area contributed by atoms with Crippen LogP contribution in [0.1, 0.15) is 11.8 Å². The van der Waals surface area contributed by atoms with Gasteiger partial charge in [0.2, 0.25) is 5.95 Å². The third-order valence-corrected chi connectivity index (χ3v) is 2.32. The van der Waals surface area contributed by atoms with Crippen molar-refractivity contribution in [3.63, 3.8) is 0 Å². The van der Waals surface area contributed by atoms with Crippen LogP contribution < -0.4 is 10.2 Å². The number of anilines is 1. The second kappa shape index (κ2) is 7.66. The smallest absolute Gasteiger partial charge is 0.225 e. The van der Waals surface area contributed by atoms with Gasteiger partial charge in [-0.3, -0.25) is 0 Å². The summed E-state index contributed by atoms with van der Waals surface area (Å²) < 4.78 is 5.63. The van der Waals surface area contributed by atoms with Crippen LogP contribution in [0.5, 0.6) is 0 Å². The van der Waals surface area contributed by atoms with Crippen LogP contribution in [0.2, 0.25) is 0 Å². The Kier molecular flexibility index (Phi) is 7.38. The zero-order valence-electron chi connectivity index (χ0n) is 9.92. The molecular weight excluding hydrogens is 263 g/mol. The van der Waals surface area contributed by atoms with E-state index in [1.54, 1.807) is 6.20 Å². The number of nitrogens with zero attached hydrogens (tertiary/aromatic N) is 3. The summed E-state index contributed by atoms with van der Waals surface area (Å²) in [5, 5.41) is 3.28. The summed E-state index contributed by atoms with van der Waals surface area (Å²) in [4.78, 5) is 10.5. The van der Waals surface area contributed by atoms with Crippen LogP contribution in [0, 0.1) is 0 Å². The van der Waals surface area contributed by atoms with Gasteiger partial charge in [-0.1, -0.05) is 0 Å². The monoisotopic (exact) mass is 280 g/mol. The van der Waals surface area contributed by atoms with Gasteiger partial charge in [-0.2, -0.15) is 0 Å². The third-order valence-electron chi connectivity index (χ3n) is 2.32. The molecule has 2 heterocycles. The van der Waals surface area contributed by atoms with Crippen LogP contribution in [0.15, 0.2) is 12.3 Å². The second-order valence-electron chi connectivity index (χ2n) is 3.74. The van der Waals surface area contributed by atoms with E-state index >= 15 is 0 Å². The molecule has 1 aromatic rings. The van der Waals surface area contributed by atoms with Gasteiger partial charge in [-0.05, 0) is 6.07 Å². The van der Waals surface area contributed by atoms with Crippen molar-refractivity contribution in [2.24, 2.45) is 0 Å². The first-order valence-electron chi connectivity index (χ1n) is 5.10. The lowest BCUT2D eigenvalue weighted by Gasteiger charge is -2.23. The van der Waals surface area contributed by atoms with Crippen molar-refractivity contribution >= 4 is 30.8 Å². The number of hydrogen-bond donors (Lipinski definition) is 1. The van der Waals surface area contributed by atoms with Gasteiger partial charge in [-0.25, -0.2) is 9.97 Å². The Morgan fingerprint density at radius 2 is 2.18 bits per heavy atom. The van der Waals surface area contributed by atoms with Gasteiger partial charge < -0.3 is 15.0 Å². The minimum absolute atomic E-state index is 0. The van der Waals surface area contributed by atoms with Crippen LogP contribution in [0.25, 0.3) is 0 Å². The fraction of sp³-hybridized carbons (Fsp3) is 0.600. The zero-order valence-corrected chi connectivity index (χ0v) is 11.6. The lowest BCUT2D eigenvalue weighted by atomic mass is 10.2. The van der Waals surface area contributed by atoms with Crippen molar-refractivity contribution in [1.82, 2.24) is 15.3 Å². The van der Waals surface area contributed by atoms with Crippen molar-refractivity contribution in [3.05, 3.63) is 18.0 Å². The number of ether oxygens (including phenoxy) is 1. The minimum Gasteiger partial charge on any atom is -0.369 e. The van der Waals surface area contributed by atoms with Gasteiger partial charge in [-0.15, -0.1) is 24.8 Å². The average Bonchev–Trinajstić information content (AvgIpc) is 2.30. The Bertz CT molecular complexity index is 332. The molecule has 0 spiro atoms. The zero-order chi connectivity index (χ0) is 10.7. The molecule has 0 bridgehead atoms. The summed E-state index contributed by atoms with van der Waals surface area (Å²) in [5.41, 5.74) is 0.945. The van der Waals surface area contributed by atoms with E-state index in [0.29, 0.717) is 0 Å². The van der Waals surface area contributed by atoms with E-state index in [1.165, 1.54) is 0 Å². The summed E-state index contributed by atoms with van der Waals surface area (Å²) in [6, 6.07) is 1.91. The fourth-order valence-electron chi connectivity index (χ4n) is 1.51. The number of aromatic nitrogens is 2. The standard InChI is InChI=1S/C10H16N4O.2ClH/c1-14(2)10-12-4-3-8(13-10)9-7-11-5-6-15-9;;/h3-4,9,11H,5-7H2,1-2H3;2*1H. The second-order valence-corrected chi connectivity index (χ2v) is 3.74. The van der Waals surface area contributed by atoms with Gasteiger partial charge in [0.05, 0.1) is 12.3 Å². The van der Waals surface area contributed by atoms with Gasteiger partial charge >= 0.3 is 0 Å². The molecule has 1 saturated heterocycles. The molecule has 0 aromatic carbocycles. The molecular formula is C10H18Cl2N4O. The quantitative estimate of drug-likeness (QED) is 0.878. The maximum atomic E-state index is 5.63. The molecule has 0 aliphatic carbocycles. The topological polar surface area (TPSA) is 50.3 Å². The number of rotatable bonds is 2. The molecule has 7 heteroatoms. The van der Waals surface area contributed by atoms with E-state index in [2.05, 4.69) is 15.3 Å². The van der Waals surface area contributed by atoms with Crippen molar-refractivity contribution in [3.8, 4) is 0 Å². The Hall–Kier alpha value is -0.620. The number of hydrogen-bond acceptors (Lipinski definition) is 5. The fourth-order valence-corrected chi connectivity index (χ4v) is 1.51. The van der Waals surface area contributed by atoms with Crippen LogP contribution in [-0.4, -0.2) is 43.8 Å². The highest BCUT2D eigenvalue weighted by atomic mass is 35.5. The first kappa shape index (κ1) is 16.4. The lowest BCUT2D eigenvalue weighted by Crippen LogP contribution is -2.34. The Labute approximate surface area is 114 Å². The van der Waals surface area contributed by atoms with Crippen molar-refractivity contribution in [2.75, 3.05) is 38.7 Å². The molecule has 1 N–H and O–H groups in total. The number of nitrogens with one attached hydrogen (secondary N) is 1. The molecule has 2 rings (SSSR count). The summed E-state index contributed by atoms with van der Waals surface area (Å²) in [7, 11) is 3.86. The maximum Gasteiger partial charge on any atom is 0.225 e. The highest BCUT2D eigenvalue weighted by molar-refractivity contribution is 5.85. The molecule has 0 saturated carbocycles. The predicted molar refractivity (Wildman–Crippen MR) is 72.4 cm³/mol. The number of morpholine rings is 1. The molecule has 1 unspecified atom stereocenters. The maximum absolute atomic E-state index is 5.63. The van der Waals surface area contributed by atoms with E-state index in [1.807, 2.05) is 25.1 Å². The minimum atomic E-state index is 0. The van der Waals surface area contributed by atoms with Crippen molar-refractivity contribution in [2.45, 2.75) is 6.10 Å². The third kappa shape index (κ3) is 4.27. The summed E-state index contributed by atoms with van der Waals surface area (Å²) >= 11 is 0. The van der Waals surface area contributed by atoms with Crippen LogP contribution >= 0.6 is 24.8 Å². The molecule has 1 fully saturated rings. The lowest BCUT2D eigenvalue weighted by molar-refractivity contribution is 0.0250. The largest absolute Gasteiger partial charge is 0.369 e. The van der Waals surface area contributed by atoms with Gasteiger partial charge in [0, 0.05) is 33.4 Å². The Morgan fingerprint density at radius 1 is 1.41 bits per heavy atom. The molecule has 1 aliphatic heterocycles. The average molecular weight is 281 g/mol. The van der Waals surface area contributed by atoms with E-state index in [4.69, 9.17) is 4.74 Å². The first-order valence-corrected chi connectivity index (χ1v) is 5.10. The van der Waals surface area contributed by atoms with E-state index in [9.17, 15) is 0 Å². The molecule has 0 amide bonds. The van der Waals surface area contributed by atoms with Gasteiger partial charge in [0.1, 0.15) is 6.10 Å². The number of halogens is 2. The SMILES string of the molecule is CN(C)c1nccc(C2CNCCO2)n1.Cl.Cl. The van der Waals surface area contributed by atoms with Gasteiger partial charge in [0.25, 0.3) is 0 Å². The Balaban J connectivity index is 0.00000128. The molecule has 1 atom stereocenters. The normalized spacial score (nSPS) is 18.8. The van der Waals surface area contributed by atoms with Crippen LogP contribution in [0.3, 0.4) is 0 Å². The molecule has 17 heavy (non-hydrogen) atoms. The van der Waals surface area contributed by atoms with Gasteiger partial charge in [0.15, 0.2) is 0 Å². The molecule has 1 aromatic heterocycles. The van der Waals surface area contributed by atoms with Crippen molar-refractivity contribution < 1.29 is 4.74 Å². The Morgan fingerprint density at radius 3 is 2.76 bits per heavy atom. The molecule has 5 nitrogen and oxygen atoms in total. The van der Waals surface area contributed by atoms with Crippen molar-refractivity contribution in [1.29, 1.82) is 0 Å². The molecule has 0 radical (unpaired) electrons. The predicted octanol–water partition coefficient (Wildman–Crippen LogP) is 1.05. The molecule has 98 valence electrons. The summed E-state index contributed by atoms with van der Waals surface area (Å²) in [6.45, 7) is 2.48. The molecule has 1 aliphatic rings. The van der Waals surface area contributed by atoms with Crippen LogP contribution in [-0.2, 0) is 4.74 Å². The van der Waals surface area contributed by atoms with E-state index in [0.717, 1.165) is 31.3 Å². The van der Waals surface area contributed by atoms with E-state index in [-0.39, 0.29) is 30.9 Å². The highest BCUT2D eigenvalue weighted by Crippen LogP contribution is 2.17. The summed E-state index contributed by atoms with van der Waals surface area (Å²) in [5.74, 6) is 0.724. The highest BCUT2D eigenvalue weighted by Gasteiger charge is 2.17. The van der Waals surface area contributed by atoms with Crippen LogP contribution in [0.4, 0.5) is 5.95 Å². The van der Waals surface area contributed by atoms with E-state index < -0.39 is 0 Å².